The molecule has 2 aromatic rings. The second kappa shape index (κ2) is 5.36. The van der Waals surface area contributed by atoms with E-state index in [9.17, 15) is 4.79 Å². The second-order valence-electron chi connectivity index (χ2n) is 4.61. The molecule has 0 saturated carbocycles. The molecule has 5 heteroatoms. The summed E-state index contributed by atoms with van der Waals surface area (Å²) in [6.07, 6.45) is 0. The van der Waals surface area contributed by atoms with E-state index in [0.717, 1.165) is 11.3 Å². The molecular formula is C16H15NO4. The van der Waals surface area contributed by atoms with Gasteiger partial charge in [-0.3, -0.25) is 0 Å². The highest BCUT2D eigenvalue weighted by atomic mass is 16.5. The van der Waals surface area contributed by atoms with E-state index in [1.807, 2.05) is 18.2 Å². The summed E-state index contributed by atoms with van der Waals surface area (Å²) in [6.45, 7) is 0.587. The number of fused-ring (bicyclic) bond motifs is 2. The molecule has 1 aliphatic rings. The van der Waals surface area contributed by atoms with Gasteiger partial charge in [-0.25, -0.2) is 4.79 Å². The Morgan fingerprint density at radius 1 is 1.24 bits per heavy atom. The Bertz CT molecular complexity index is 697. The van der Waals surface area contributed by atoms with Crippen molar-refractivity contribution in [3.8, 4) is 17.2 Å². The first kappa shape index (κ1) is 13.3. The minimum atomic E-state index is -0.376. The third kappa shape index (κ3) is 2.38. The number of methoxy groups -OCH3 is 2. The number of rotatable bonds is 2. The normalized spacial score (nSPS) is 12.1. The molecule has 21 heavy (non-hydrogen) atoms. The molecule has 0 bridgehead atoms. The summed E-state index contributed by atoms with van der Waals surface area (Å²) in [4.78, 5) is 11.6. The molecule has 3 rings (SSSR count). The molecule has 0 saturated heterocycles. The predicted octanol–water partition coefficient (Wildman–Crippen LogP) is 3.20. The van der Waals surface area contributed by atoms with Crippen LogP contribution in [0.4, 0.5) is 5.69 Å². The Kier molecular flexibility index (Phi) is 3.39. The molecule has 0 amide bonds. The van der Waals surface area contributed by atoms with Gasteiger partial charge in [0.05, 0.1) is 25.5 Å². The van der Waals surface area contributed by atoms with E-state index >= 15 is 0 Å². The Morgan fingerprint density at radius 2 is 2.10 bits per heavy atom. The Balaban J connectivity index is 2.02. The summed E-state index contributed by atoms with van der Waals surface area (Å²) >= 11 is 0. The fourth-order valence-corrected chi connectivity index (χ4v) is 2.28. The van der Waals surface area contributed by atoms with E-state index in [-0.39, 0.29) is 5.97 Å². The van der Waals surface area contributed by atoms with Crippen molar-refractivity contribution < 1.29 is 19.0 Å². The van der Waals surface area contributed by atoms with Crippen LogP contribution in [0.25, 0.3) is 0 Å². The molecule has 2 aromatic carbocycles. The number of para-hydroxylation sites is 1. The summed E-state index contributed by atoms with van der Waals surface area (Å²) < 4.78 is 16.0. The largest absolute Gasteiger partial charge is 0.493 e. The predicted molar refractivity (Wildman–Crippen MR) is 78.2 cm³/mol. The van der Waals surface area contributed by atoms with Crippen LogP contribution < -0.4 is 14.8 Å². The topological polar surface area (TPSA) is 56.8 Å². The third-order valence-electron chi connectivity index (χ3n) is 3.36. The molecule has 0 fully saturated rings. The van der Waals surface area contributed by atoms with Crippen molar-refractivity contribution in [1.29, 1.82) is 0 Å². The summed E-state index contributed by atoms with van der Waals surface area (Å²) in [7, 11) is 2.97. The van der Waals surface area contributed by atoms with Crippen LogP contribution in [0, 0.1) is 0 Å². The Labute approximate surface area is 122 Å². The highest BCUT2D eigenvalue weighted by Crippen LogP contribution is 2.41. The zero-order chi connectivity index (χ0) is 14.8. The lowest BCUT2D eigenvalue weighted by molar-refractivity contribution is 0.0601. The van der Waals surface area contributed by atoms with Crippen molar-refractivity contribution in [1.82, 2.24) is 0 Å². The maximum absolute atomic E-state index is 11.6. The molecule has 1 N–H and O–H groups in total. The lowest BCUT2D eigenvalue weighted by Gasteiger charge is -2.12. The van der Waals surface area contributed by atoms with Gasteiger partial charge in [0.2, 0.25) is 0 Å². The van der Waals surface area contributed by atoms with Crippen molar-refractivity contribution in [3.63, 3.8) is 0 Å². The maximum Gasteiger partial charge on any atom is 0.337 e. The zero-order valence-electron chi connectivity index (χ0n) is 11.8. The smallest absolute Gasteiger partial charge is 0.337 e. The molecule has 0 atom stereocenters. The first-order valence-electron chi connectivity index (χ1n) is 6.53. The van der Waals surface area contributed by atoms with Gasteiger partial charge in [0.1, 0.15) is 0 Å². The van der Waals surface area contributed by atoms with Crippen LogP contribution in [0.15, 0.2) is 36.4 Å². The number of carbonyl (C=O) groups is 1. The van der Waals surface area contributed by atoms with Gasteiger partial charge in [-0.2, -0.15) is 0 Å². The van der Waals surface area contributed by atoms with Crippen molar-refractivity contribution >= 4 is 11.7 Å². The Morgan fingerprint density at radius 3 is 2.86 bits per heavy atom. The zero-order valence-corrected chi connectivity index (χ0v) is 11.8. The molecule has 5 nitrogen and oxygen atoms in total. The van der Waals surface area contributed by atoms with Crippen LogP contribution in [-0.2, 0) is 11.3 Å². The van der Waals surface area contributed by atoms with Crippen LogP contribution >= 0.6 is 0 Å². The molecule has 0 aromatic heterocycles. The van der Waals surface area contributed by atoms with Gasteiger partial charge in [-0.05, 0) is 24.3 Å². The van der Waals surface area contributed by atoms with E-state index in [4.69, 9.17) is 14.2 Å². The minimum Gasteiger partial charge on any atom is -0.493 e. The van der Waals surface area contributed by atoms with Crippen LogP contribution in [0.5, 0.6) is 17.2 Å². The van der Waals surface area contributed by atoms with Crippen molar-refractivity contribution in [2.24, 2.45) is 0 Å². The first-order chi connectivity index (χ1) is 10.2. The van der Waals surface area contributed by atoms with Crippen molar-refractivity contribution in [2.75, 3.05) is 19.5 Å². The van der Waals surface area contributed by atoms with Crippen LogP contribution in [0.3, 0.4) is 0 Å². The van der Waals surface area contributed by atoms with Gasteiger partial charge in [-0.15, -0.1) is 0 Å². The van der Waals surface area contributed by atoms with Crippen molar-refractivity contribution in [3.05, 3.63) is 47.5 Å². The second-order valence-corrected chi connectivity index (χ2v) is 4.61. The van der Waals surface area contributed by atoms with Gasteiger partial charge in [0.25, 0.3) is 0 Å². The summed E-state index contributed by atoms with van der Waals surface area (Å²) in [5, 5.41) is 3.26. The fraction of sp³-hybridized carbons (Fsp3) is 0.188. The summed E-state index contributed by atoms with van der Waals surface area (Å²) in [5.41, 5.74) is 2.21. The molecule has 108 valence electrons. The van der Waals surface area contributed by atoms with E-state index < -0.39 is 0 Å². The molecular weight excluding hydrogens is 270 g/mol. The maximum atomic E-state index is 11.6. The summed E-state index contributed by atoms with van der Waals surface area (Å²) in [6, 6.07) is 10.9. The molecule has 1 heterocycles. The minimum absolute atomic E-state index is 0.376. The lowest BCUT2D eigenvalue weighted by Crippen LogP contribution is -2.03. The van der Waals surface area contributed by atoms with Crippen LogP contribution in [0.2, 0.25) is 0 Å². The molecule has 0 aliphatic carbocycles. The van der Waals surface area contributed by atoms with E-state index in [2.05, 4.69) is 5.32 Å². The highest BCUT2D eigenvalue weighted by Gasteiger charge is 2.19. The van der Waals surface area contributed by atoms with Crippen molar-refractivity contribution in [2.45, 2.75) is 6.54 Å². The first-order valence-corrected chi connectivity index (χ1v) is 6.53. The number of carbonyl (C=O) groups excluding carboxylic acids is 1. The number of ether oxygens (including phenoxy) is 3. The van der Waals surface area contributed by atoms with E-state index in [0.29, 0.717) is 29.4 Å². The average molecular weight is 285 g/mol. The number of esters is 1. The molecule has 1 aliphatic heterocycles. The number of anilines is 1. The fourth-order valence-electron chi connectivity index (χ4n) is 2.28. The van der Waals surface area contributed by atoms with Crippen LogP contribution in [0.1, 0.15) is 15.9 Å². The number of nitrogens with one attached hydrogen (secondary N) is 1. The third-order valence-corrected chi connectivity index (χ3v) is 3.36. The van der Waals surface area contributed by atoms with Gasteiger partial charge < -0.3 is 19.5 Å². The van der Waals surface area contributed by atoms with Gasteiger partial charge in [0, 0.05) is 12.1 Å². The number of hydrogen-bond donors (Lipinski definition) is 1. The highest BCUT2D eigenvalue weighted by molar-refractivity contribution is 5.91. The SMILES string of the molecule is COC(=O)c1ccc2c(c1)NCc1cccc(OC)c1O2. The average Bonchev–Trinajstić information content (AvgIpc) is 2.72. The lowest BCUT2D eigenvalue weighted by atomic mass is 10.2. The Hall–Kier alpha value is -2.69. The molecule has 0 radical (unpaired) electrons. The number of benzene rings is 2. The van der Waals surface area contributed by atoms with Gasteiger partial charge in [0.15, 0.2) is 17.2 Å². The van der Waals surface area contributed by atoms with Gasteiger partial charge >= 0.3 is 5.97 Å². The van der Waals surface area contributed by atoms with Crippen LogP contribution in [-0.4, -0.2) is 20.2 Å². The van der Waals surface area contributed by atoms with Gasteiger partial charge in [-0.1, -0.05) is 12.1 Å². The number of hydrogen-bond acceptors (Lipinski definition) is 5. The van der Waals surface area contributed by atoms with E-state index in [1.54, 1.807) is 25.3 Å². The van der Waals surface area contributed by atoms with E-state index in [1.165, 1.54) is 7.11 Å². The molecule has 0 unspecified atom stereocenters. The standard InChI is InChI=1S/C16H15NO4/c1-19-14-5-3-4-11-9-17-12-8-10(16(18)20-2)6-7-13(12)21-15(11)14/h3-8,17H,9H2,1-2H3. The molecule has 0 spiro atoms. The quantitative estimate of drug-likeness (QED) is 0.859. The summed E-state index contributed by atoms with van der Waals surface area (Å²) in [5.74, 6) is 1.64. The monoisotopic (exact) mass is 285 g/mol.